The molecule has 0 radical (unpaired) electrons. The van der Waals surface area contributed by atoms with E-state index in [0.29, 0.717) is 0 Å². The van der Waals surface area contributed by atoms with Gasteiger partial charge >= 0.3 is 5.97 Å². The minimum atomic E-state index is -0.935. The second kappa shape index (κ2) is 12.1. The third-order valence-electron chi connectivity index (χ3n) is 1.94. The summed E-state index contributed by atoms with van der Waals surface area (Å²) in [5.41, 5.74) is 2.68. The molecule has 102 valence electrons. The van der Waals surface area contributed by atoms with E-state index in [1.165, 1.54) is 18.1 Å². The molecule has 2 nitrogen and oxygen atoms in total. The first-order valence-corrected chi connectivity index (χ1v) is 5.71. The fraction of sp³-hybridized carbons (Fsp3) is 0.118. The molecule has 1 aromatic rings. The fourth-order valence-corrected chi connectivity index (χ4v) is 0.816. The molecule has 0 aliphatic carbocycles. The van der Waals surface area contributed by atoms with Gasteiger partial charge in [0.2, 0.25) is 0 Å². The van der Waals surface area contributed by atoms with Gasteiger partial charge in [-0.15, -0.1) is 0 Å². The van der Waals surface area contributed by atoms with Crippen molar-refractivity contribution < 1.29 is 9.90 Å². The van der Waals surface area contributed by atoms with Gasteiger partial charge in [-0.3, -0.25) is 0 Å². The summed E-state index contributed by atoms with van der Waals surface area (Å²) in [6.45, 7) is 17.1. The molecule has 1 aromatic carbocycles. The third kappa shape index (κ3) is 11.9. The maximum atomic E-state index is 9.60. The first-order valence-electron chi connectivity index (χ1n) is 5.71. The number of hydrogen-bond acceptors (Lipinski definition) is 1. The van der Waals surface area contributed by atoms with Gasteiger partial charge in [-0.05, 0) is 25.0 Å². The van der Waals surface area contributed by atoms with Crippen LogP contribution >= 0.6 is 0 Å². The van der Waals surface area contributed by atoms with E-state index in [9.17, 15) is 4.79 Å². The molecule has 1 N–H and O–H groups in total. The summed E-state index contributed by atoms with van der Waals surface area (Å²) >= 11 is 0. The molecule has 0 atom stereocenters. The quantitative estimate of drug-likeness (QED) is 0.633. The smallest absolute Gasteiger partial charge is 0.330 e. The normalized spacial score (nSPS) is 7.68. The summed E-state index contributed by atoms with van der Waals surface area (Å²) in [7, 11) is 0. The topological polar surface area (TPSA) is 37.3 Å². The van der Waals surface area contributed by atoms with E-state index in [-0.39, 0.29) is 5.57 Å². The van der Waals surface area contributed by atoms with Crippen LogP contribution in [0.15, 0.2) is 68.3 Å². The van der Waals surface area contributed by atoms with Gasteiger partial charge in [0, 0.05) is 5.57 Å². The highest BCUT2D eigenvalue weighted by Gasteiger charge is 1.90. The van der Waals surface area contributed by atoms with E-state index in [4.69, 9.17) is 5.11 Å². The largest absolute Gasteiger partial charge is 0.478 e. The summed E-state index contributed by atoms with van der Waals surface area (Å²) in [4.78, 5) is 9.60. The van der Waals surface area contributed by atoms with E-state index in [0.717, 1.165) is 0 Å². The third-order valence-corrected chi connectivity index (χ3v) is 1.94. The molecule has 1 rings (SSSR count). The fourth-order valence-electron chi connectivity index (χ4n) is 0.816. The Morgan fingerprint density at radius 2 is 1.58 bits per heavy atom. The maximum Gasteiger partial charge on any atom is 0.330 e. The van der Waals surface area contributed by atoms with Crippen molar-refractivity contribution in [2.75, 3.05) is 0 Å². The highest BCUT2D eigenvalue weighted by atomic mass is 16.4. The Hall–Kier alpha value is -2.35. The van der Waals surface area contributed by atoms with Crippen LogP contribution in [0.5, 0.6) is 0 Å². The Kier molecular flexibility index (Phi) is 12.1. The van der Waals surface area contributed by atoms with Crippen molar-refractivity contribution in [1.29, 1.82) is 0 Å². The van der Waals surface area contributed by atoms with Crippen molar-refractivity contribution in [2.24, 2.45) is 0 Å². The van der Waals surface area contributed by atoms with Gasteiger partial charge in [0.25, 0.3) is 0 Å². The standard InChI is InChI=1S/C9H10.C4H6O2.C4H6/c1-3-9-7-5-4-6-8(9)2;1-3(2)4(5)6;1-3-4-2/h3-7H,1H2,2H3;1H2,2H3,(H,5,6);3-4H,1-2H2. The molecule has 0 spiro atoms. The second-order valence-corrected chi connectivity index (χ2v) is 3.62. The number of rotatable bonds is 3. The Morgan fingerprint density at radius 3 is 1.79 bits per heavy atom. The van der Waals surface area contributed by atoms with Crippen molar-refractivity contribution in [3.63, 3.8) is 0 Å². The summed E-state index contributed by atoms with van der Waals surface area (Å²) in [5, 5.41) is 7.89. The molecule has 0 fully saturated rings. The van der Waals surface area contributed by atoms with Gasteiger partial charge in [0.05, 0.1) is 0 Å². The van der Waals surface area contributed by atoms with Crippen molar-refractivity contribution >= 4 is 12.0 Å². The van der Waals surface area contributed by atoms with Crippen LogP contribution in [0.3, 0.4) is 0 Å². The van der Waals surface area contributed by atoms with Crippen LogP contribution in [0, 0.1) is 6.92 Å². The molecule has 0 amide bonds. The number of allylic oxidation sites excluding steroid dienone is 2. The lowest BCUT2D eigenvalue weighted by molar-refractivity contribution is -0.132. The molecule has 0 bridgehead atoms. The Bertz CT molecular complexity index is 424. The minimum Gasteiger partial charge on any atom is -0.478 e. The number of carboxylic acid groups (broad SMARTS) is 1. The molecule has 19 heavy (non-hydrogen) atoms. The van der Waals surface area contributed by atoms with Crippen LogP contribution in [0.2, 0.25) is 0 Å². The van der Waals surface area contributed by atoms with E-state index in [1.54, 1.807) is 12.2 Å². The van der Waals surface area contributed by atoms with Gasteiger partial charge in [-0.25, -0.2) is 4.79 Å². The average molecular weight is 258 g/mol. The molecular formula is C17H22O2. The number of benzene rings is 1. The van der Waals surface area contributed by atoms with Gasteiger partial charge in [-0.2, -0.15) is 0 Å². The Morgan fingerprint density at radius 1 is 1.16 bits per heavy atom. The highest BCUT2D eigenvalue weighted by molar-refractivity contribution is 5.84. The number of carboxylic acids is 1. The Balaban J connectivity index is 0. The lowest BCUT2D eigenvalue weighted by Crippen LogP contribution is -1.92. The predicted molar refractivity (Wildman–Crippen MR) is 84.1 cm³/mol. The van der Waals surface area contributed by atoms with E-state index < -0.39 is 5.97 Å². The monoisotopic (exact) mass is 258 g/mol. The van der Waals surface area contributed by atoms with Gasteiger partial charge < -0.3 is 5.11 Å². The molecule has 0 aliphatic heterocycles. The predicted octanol–water partition coefficient (Wildman–Crippen LogP) is 4.64. The average Bonchev–Trinajstić information content (AvgIpc) is 2.40. The van der Waals surface area contributed by atoms with E-state index >= 15 is 0 Å². The maximum absolute atomic E-state index is 9.60. The summed E-state index contributed by atoms with van der Waals surface area (Å²) in [6, 6.07) is 8.19. The number of aliphatic carboxylic acids is 1. The molecule has 0 aliphatic rings. The van der Waals surface area contributed by atoms with Crippen LogP contribution in [-0.4, -0.2) is 11.1 Å². The SMILES string of the molecule is C=C(C)C(=O)O.C=CC=C.C=Cc1ccccc1C. The Labute approximate surface area is 116 Å². The molecule has 0 aromatic heterocycles. The van der Waals surface area contributed by atoms with Gasteiger partial charge in [-0.1, -0.05) is 68.8 Å². The highest BCUT2D eigenvalue weighted by Crippen LogP contribution is 2.06. The molecule has 2 heteroatoms. The summed E-state index contributed by atoms with van der Waals surface area (Å²) < 4.78 is 0. The van der Waals surface area contributed by atoms with Crippen molar-refractivity contribution in [3.8, 4) is 0 Å². The van der Waals surface area contributed by atoms with Crippen molar-refractivity contribution in [3.05, 3.63) is 79.4 Å². The zero-order chi connectivity index (χ0) is 15.3. The van der Waals surface area contributed by atoms with Crippen LogP contribution in [0.4, 0.5) is 0 Å². The minimum absolute atomic E-state index is 0.176. The van der Waals surface area contributed by atoms with E-state index in [1.807, 2.05) is 18.2 Å². The zero-order valence-electron chi connectivity index (χ0n) is 11.7. The summed E-state index contributed by atoms with van der Waals surface area (Å²) in [5.74, 6) is -0.935. The lowest BCUT2D eigenvalue weighted by atomic mass is 10.1. The van der Waals surface area contributed by atoms with Crippen molar-refractivity contribution in [2.45, 2.75) is 13.8 Å². The molecule has 0 unspecified atom stereocenters. The molecule has 0 heterocycles. The van der Waals surface area contributed by atoms with Crippen LogP contribution in [-0.2, 0) is 4.79 Å². The molecular weight excluding hydrogens is 236 g/mol. The lowest BCUT2D eigenvalue weighted by Gasteiger charge is -1.95. The number of hydrogen-bond donors (Lipinski definition) is 1. The first-order chi connectivity index (χ1) is 8.90. The number of aryl methyl sites for hydroxylation is 1. The second-order valence-electron chi connectivity index (χ2n) is 3.62. The first kappa shape index (κ1) is 19.0. The van der Waals surface area contributed by atoms with Gasteiger partial charge in [0.1, 0.15) is 0 Å². The van der Waals surface area contributed by atoms with Crippen molar-refractivity contribution in [1.82, 2.24) is 0 Å². The van der Waals surface area contributed by atoms with Crippen LogP contribution < -0.4 is 0 Å². The zero-order valence-corrected chi connectivity index (χ0v) is 11.7. The van der Waals surface area contributed by atoms with Crippen LogP contribution in [0.25, 0.3) is 6.08 Å². The molecule has 0 saturated carbocycles. The number of carbonyl (C=O) groups is 1. The summed E-state index contributed by atoms with van der Waals surface area (Å²) in [6.07, 6.45) is 5.15. The van der Waals surface area contributed by atoms with Crippen LogP contribution in [0.1, 0.15) is 18.1 Å². The van der Waals surface area contributed by atoms with E-state index in [2.05, 4.69) is 45.4 Å². The van der Waals surface area contributed by atoms with Gasteiger partial charge in [0.15, 0.2) is 0 Å². The molecule has 0 saturated heterocycles.